The molecule has 46 heavy (non-hydrogen) atoms. The summed E-state index contributed by atoms with van der Waals surface area (Å²) in [6.07, 6.45) is 22.1. The Morgan fingerprint density at radius 2 is 0.826 bits per heavy atom. The first-order chi connectivity index (χ1) is 22.8. The Kier molecular flexibility index (Phi) is 7.70. The molecule has 1 aliphatic rings. The SMILES string of the molecule is C1=C\C=C/C(CCCCCCc2cc(-n3c4ccccc4c4ccccc43)cc(-n3c4ccccc4c4ccccc43)c2)=C\C=C/1. The Morgan fingerprint density at radius 1 is 0.391 bits per heavy atom. The van der Waals surface area contributed by atoms with Crippen LogP contribution in [0.5, 0.6) is 0 Å². The van der Waals surface area contributed by atoms with E-state index in [1.807, 2.05) is 0 Å². The van der Waals surface area contributed by atoms with Crippen LogP contribution in [0.1, 0.15) is 37.7 Å². The molecule has 0 saturated heterocycles. The number of nitrogens with zero attached hydrogens (tertiary/aromatic N) is 2. The lowest BCUT2D eigenvalue weighted by molar-refractivity contribution is 0.641. The normalized spacial score (nSPS) is 16.4. The molecule has 1 aliphatic carbocycles. The Labute approximate surface area is 270 Å². The van der Waals surface area contributed by atoms with Crippen LogP contribution in [0.25, 0.3) is 55.0 Å². The molecule has 0 radical (unpaired) electrons. The summed E-state index contributed by atoms with van der Waals surface area (Å²) in [5, 5.41) is 5.18. The van der Waals surface area contributed by atoms with Crippen LogP contribution in [0.2, 0.25) is 0 Å². The van der Waals surface area contributed by atoms with Gasteiger partial charge in [0.15, 0.2) is 0 Å². The number of hydrogen-bond donors (Lipinski definition) is 0. The average molecular weight is 595 g/mol. The molecule has 0 N–H and O–H groups in total. The van der Waals surface area contributed by atoms with Crippen molar-refractivity contribution >= 4 is 43.6 Å². The number of para-hydroxylation sites is 4. The minimum atomic E-state index is 1.06. The third-order valence-electron chi connectivity index (χ3n) is 9.38. The quantitative estimate of drug-likeness (QED) is 0.147. The smallest absolute Gasteiger partial charge is 0.0541 e. The summed E-state index contributed by atoms with van der Waals surface area (Å²) < 4.78 is 4.93. The molecule has 0 amide bonds. The molecule has 5 aromatic carbocycles. The lowest BCUT2D eigenvalue weighted by Gasteiger charge is -2.16. The van der Waals surface area contributed by atoms with Gasteiger partial charge in [-0.2, -0.15) is 0 Å². The summed E-state index contributed by atoms with van der Waals surface area (Å²) in [4.78, 5) is 0. The number of rotatable bonds is 9. The topological polar surface area (TPSA) is 9.86 Å². The van der Waals surface area contributed by atoms with Gasteiger partial charge in [-0.3, -0.25) is 0 Å². The van der Waals surface area contributed by atoms with Gasteiger partial charge in [0.25, 0.3) is 0 Å². The van der Waals surface area contributed by atoms with Crippen molar-refractivity contribution < 1.29 is 0 Å². The van der Waals surface area contributed by atoms with Gasteiger partial charge in [0.2, 0.25) is 0 Å². The number of aryl methyl sites for hydroxylation is 1. The van der Waals surface area contributed by atoms with Gasteiger partial charge in [-0.15, -0.1) is 0 Å². The van der Waals surface area contributed by atoms with Gasteiger partial charge in [0, 0.05) is 32.9 Å². The monoisotopic (exact) mass is 594 g/mol. The summed E-state index contributed by atoms with van der Waals surface area (Å²) in [5.41, 5.74) is 10.2. The molecule has 224 valence electrons. The highest BCUT2D eigenvalue weighted by Gasteiger charge is 2.16. The van der Waals surface area contributed by atoms with Crippen LogP contribution < -0.4 is 0 Å². The highest BCUT2D eigenvalue weighted by atomic mass is 15.0. The highest BCUT2D eigenvalue weighted by molar-refractivity contribution is 6.10. The molecular formula is C44H38N2. The molecule has 0 fully saturated rings. The van der Waals surface area contributed by atoms with Crippen LogP contribution in [0.4, 0.5) is 0 Å². The number of benzene rings is 5. The Hall–Kier alpha value is -5.34. The molecule has 2 heteroatoms. The zero-order chi connectivity index (χ0) is 30.7. The zero-order valence-electron chi connectivity index (χ0n) is 26.1. The highest BCUT2D eigenvalue weighted by Crippen LogP contribution is 2.36. The van der Waals surface area contributed by atoms with Crippen molar-refractivity contribution in [3.8, 4) is 11.4 Å². The van der Waals surface area contributed by atoms with E-state index in [0.29, 0.717) is 0 Å². The second-order valence-corrected chi connectivity index (χ2v) is 12.4. The molecular weight excluding hydrogens is 556 g/mol. The third-order valence-corrected chi connectivity index (χ3v) is 9.38. The minimum Gasteiger partial charge on any atom is -0.309 e. The Morgan fingerprint density at radius 3 is 1.35 bits per heavy atom. The van der Waals surface area contributed by atoms with Crippen molar-refractivity contribution in [1.82, 2.24) is 9.13 Å². The Balaban J connectivity index is 1.17. The molecule has 0 atom stereocenters. The predicted octanol–water partition coefficient (Wildman–Crippen LogP) is 12.0. The fourth-order valence-corrected chi connectivity index (χ4v) is 7.25. The van der Waals surface area contributed by atoms with Crippen molar-refractivity contribution in [1.29, 1.82) is 0 Å². The van der Waals surface area contributed by atoms with Gasteiger partial charge >= 0.3 is 0 Å². The fraction of sp³-hybridized carbons (Fsp3) is 0.136. The second-order valence-electron chi connectivity index (χ2n) is 12.4. The van der Waals surface area contributed by atoms with Gasteiger partial charge in [0.05, 0.1) is 22.1 Å². The molecule has 0 saturated carbocycles. The van der Waals surface area contributed by atoms with Crippen molar-refractivity contribution in [2.24, 2.45) is 0 Å². The van der Waals surface area contributed by atoms with E-state index in [1.54, 1.807) is 0 Å². The summed E-state index contributed by atoms with van der Waals surface area (Å²) in [5.74, 6) is 0. The first kappa shape index (κ1) is 28.2. The molecule has 0 unspecified atom stereocenters. The lowest BCUT2D eigenvalue weighted by atomic mass is 10.0. The summed E-state index contributed by atoms with van der Waals surface area (Å²) >= 11 is 0. The molecule has 0 bridgehead atoms. The first-order valence-corrected chi connectivity index (χ1v) is 16.7. The lowest BCUT2D eigenvalue weighted by Crippen LogP contribution is -2.01. The zero-order valence-corrected chi connectivity index (χ0v) is 26.1. The van der Waals surface area contributed by atoms with Crippen LogP contribution in [0, 0.1) is 0 Å². The van der Waals surface area contributed by atoms with Crippen molar-refractivity contribution in [3.05, 3.63) is 169 Å². The van der Waals surface area contributed by atoms with Gasteiger partial charge in [-0.25, -0.2) is 0 Å². The summed E-state index contributed by atoms with van der Waals surface area (Å²) in [6, 6.07) is 42.5. The summed E-state index contributed by atoms with van der Waals surface area (Å²) in [7, 11) is 0. The first-order valence-electron chi connectivity index (χ1n) is 16.7. The van der Waals surface area contributed by atoms with Crippen molar-refractivity contribution in [2.45, 2.75) is 38.5 Å². The van der Waals surface area contributed by atoms with E-state index >= 15 is 0 Å². The van der Waals surface area contributed by atoms with Gasteiger partial charge in [-0.05, 0) is 79.3 Å². The van der Waals surface area contributed by atoms with E-state index in [4.69, 9.17) is 0 Å². The largest absolute Gasteiger partial charge is 0.309 e. The van der Waals surface area contributed by atoms with E-state index in [9.17, 15) is 0 Å². The maximum atomic E-state index is 2.46. The average Bonchev–Trinajstić information content (AvgIpc) is 3.60. The van der Waals surface area contributed by atoms with Crippen LogP contribution in [0.3, 0.4) is 0 Å². The van der Waals surface area contributed by atoms with E-state index in [1.165, 1.54) is 91.8 Å². The van der Waals surface area contributed by atoms with Gasteiger partial charge in [-0.1, -0.05) is 128 Å². The number of fused-ring (bicyclic) bond motifs is 6. The van der Waals surface area contributed by atoms with Gasteiger partial charge in [0.1, 0.15) is 0 Å². The fourth-order valence-electron chi connectivity index (χ4n) is 7.25. The van der Waals surface area contributed by atoms with Crippen LogP contribution >= 0.6 is 0 Å². The number of aromatic nitrogens is 2. The second kappa shape index (κ2) is 12.6. The molecule has 7 aromatic rings. The van der Waals surface area contributed by atoms with E-state index in [-0.39, 0.29) is 0 Å². The number of allylic oxidation sites excluding steroid dienone is 8. The van der Waals surface area contributed by atoms with E-state index in [2.05, 4.69) is 167 Å². The maximum Gasteiger partial charge on any atom is 0.0541 e. The predicted molar refractivity (Wildman–Crippen MR) is 197 cm³/mol. The molecule has 8 rings (SSSR count). The van der Waals surface area contributed by atoms with Crippen LogP contribution in [0.15, 0.2) is 163 Å². The van der Waals surface area contributed by atoms with Gasteiger partial charge < -0.3 is 9.13 Å². The maximum absolute atomic E-state index is 2.46. The molecule has 0 aliphatic heterocycles. The van der Waals surface area contributed by atoms with E-state index < -0.39 is 0 Å². The van der Waals surface area contributed by atoms with Crippen LogP contribution in [-0.2, 0) is 6.42 Å². The Bertz CT molecular complexity index is 2080. The molecule has 2 heterocycles. The number of hydrogen-bond acceptors (Lipinski definition) is 0. The summed E-state index contributed by atoms with van der Waals surface area (Å²) in [6.45, 7) is 0. The van der Waals surface area contributed by atoms with Crippen molar-refractivity contribution in [2.75, 3.05) is 0 Å². The number of unbranched alkanes of at least 4 members (excludes halogenated alkanes) is 3. The molecule has 2 aromatic heterocycles. The van der Waals surface area contributed by atoms with E-state index in [0.717, 1.165) is 12.8 Å². The minimum absolute atomic E-state index is 1.06. The van der Waals surface area contributed by atoms with Crippen molar-refractivity contribution in [3.63, 3.8) is 0 Å². The molecule has 0 spiro atoms. The third kappa shape index (κ3) is 5.31. The standard InChI is InChI=1S/C44H38N2/c1-2-6-18-33(19-7-3-1)20-8-4-5-9-21-34-30-35(45-41-26-14-10-22-37(41)38-23-11-15-27-42(38)45)32-36(31-34)46-43-28-16-12-24-39(43)40-25-13-17-29-44(40)46/h1-3,6-7,10-19,22-32H,4-5,8-9,20-21H2/b2-1-,3-1?,6-2?,7-3-,18-6-,19-7?,33-18?,33-19+. The molecule has 2 nitrogen and oxygen atoms in total. The van der Waals surface area contributed by atoms with Crippen LogP contribution in [-0.4, -0.2) is 9.13 Å².